The predicted molar refractivity (Wildman–Crippen MR) is 108 cm³/mol. The van der Waals surface area contributed by atoms with E-state index in [4.69, 9.17) is 4.74 Å². The fourth-order valence-corrected chi connectivity index (χ4v) is 6.63. The van der Waals surface area contributed by atoms with Crippen molar-refractivity contribution in [2.45, 2.75) is 116 Å². The van der Waals surface area contributed by atoms with E-state index in [1.165, 1.54) is 83.5 Å². The van der Waals surface area contributed by atoms with Crippen LogP contribution in [0.1, 0.15) is 110 Å². The Labute approximate surface area is 157 Å². The maximum absolute atomic E-state index is 6.30. The molecule has 1 nitrogen and oxygen atoms in total. The Kier molecular flexibility index (Phi) is 8.15. The lowest BCUT2D eigenvalue weighted by Crippen LogP contribution is -2.42. The quantitative estimate of drug-likeness (QED) is 0.395. The first-order valence-corrected chi connectivity index (χ1v) is 11.9. The van der Waals surface area contributed by atoms with Gasteiger partial charge in [0, 0.05) is 6.61 Å². The van der Waals surface area contributed by atoms with Gasteiger partial charge in [0.25, 0.3) is 0 Å². The Hall–Kier alpha value is -0.0400. The molecule has 6 atom stereocenters. The summed E-state index contributed by atoms with van der Waals surface area (Å²) in [5, 5.41) is 0. The minimum Gasteiger partial charge on any atom is -0.378 e. The van der Waals surface area contributed by atoms with Crippen LogP contribution in [0.5, 0.6) is 0 Å². The van der Waals surface area contributed by atoms with Gasteiger partial charge in [-0.3, -0.25) is 0 Å². The first kappa shape index (κ1) is 19.7. The maximum atomic E-state index is 6.30. The van der Waals surface area contributed by atoms with Crippen LogP contribution in [-0.2, 0) is 4.74 Å². The van der Waals surface area contributed by atoms with E-state index in [-0.39, 0.29) is 0 Å². The molecule has 0 aliphatic heterocycles. The molecule has 0 bridgehead atoms. The number of hydrogen-bond donors (Lipinski definition) is 0. The zero-order valence-electron chi connectivity index (χ0n) is 17.2. The van der Waals surface area contributed by atoms with E-state index < -0.39 is 0 Å². The SMILES string of the molecule is CCCCCCCO[C@H]1CCC2C(CCC3C[C@@H](CCC)CCC32)C1. The van der Waals surface area contributed by atoms with Crippen LogP contribution in [-0.4, -0.2) is 12.7 Å². The molecule has 25 heavy (non-hydrogen) atoms. The van der Waals surface area contributed by atoms with Gasteiger partial charge in [0.05, 0.1) is 6.10 Å². The zero-order chi connectivity index (χ0) is 17.5. The highest BCUT2D eigenvalue weighted by Gasteiger charge is 2.44. The second kappa shape index (κ2) is 10.3. The fraction of sp³-hybridized carbons (Fsp3) is 1.00. The van der Waals surface area contributed by atoms with Gasteiger partial charge in [-0.1, -0.05) is 58.8 Å². The smallest absolute Gasteiger partial charge is 0.0578 e. The standard InChI is InChI=1S/C24H44O/c1-3-5-6-7-8-16-25-22-13-15-24-21(18-22)12-11-20-17-19(9-4-2)10-14-23(20)24/h19-24H,3-18H2,1-2H3/t19-,20?,21?,22-,23?,24?/m0/s1. The van der Waals surface area contributed by atoms with Crippen molar-refractivity contribution >= 4 is 0 Å². The fourth-order valence-electron chi connectivity index (χ4n) is 6.63. The normalized spacial score (nSPS) is 38.2. The van der Waals surface area contributed by atoms with Gasteiger partial charge in [-0.15, -0.1) is 0 Å². The molecule has 1 heteroatoms. The molecule has 146 valence electrons. The average Bonchev–Trinajstić information content (AvgIpc) is 2.64. The van der Waals surface area contributed by atoms with E-state index in [1.807, 2.05) is 0 Å². The molecular weight excluding hydrogens is 304 g/mol. The summed E-state index contributed by atoms with van der Waals surface area (Å²) >= 11 is 0. The molecule has 4 unspecified atom stereocenters. The molecule has 3 aliphatic carbocycles. The average molecular weight is 349 g/mol. The first-order valence-electron chi connectivity index (χ1n) is 11.9. The molecule has 0 aromatic rings. The summed E-state index contributed by atoms with van der Waals surface area (Å²) in [6.07, 6.45) is 22.2. The van der Waals surface area contributed by atoms with Crippen molar-refractivity contribution < 1.29 is 4.74 Å². The Balaban J connectivity index is 1.38. The molecule has 0 N–H and O–H groups in total. The molecule has 0 spiro atoms. The Morgan fingerprint density at radius 1 is 0.680 bits per heavy atom. The van der Waals surface area contributed by atoms with E-state index in [0.29, 0.717) is 6.10 Å². The van der Waals surface area contributed by atoms with Crippen molar-refractivity contribution in [3.8, 4) is 0 Å². The Morgan fingerprint density at radius 3 is 2.16 bits per heavy atom. The molecule has 0 aromatic carbocycles. The number of unbranched alkanes of at least 4 members (excludes halogenated alkanes) is 4. The summed E-state index contributed by atoms with van der Waals surface area (Å²) in [7, 11) is 0. The number of rotatable bonds is 9. The van der Waals surface area contributed by atoms with Crippen LogP contribution in [0.15, 0.2) is 0 Å². The predicted octanol–water partition coefficient (Wildman–Crippen LogP) is 7.38. The summed E-state index contributed by atoms with van der Waals surface area (Å²) in [4.78, 5) is 0. The van der Waals surface area contributed by atoms with Crippen molar-refractivity contribution in [2.75, 3.05) is 6.61 Å². The highest BCUT2D eigenvalue weighted by atomic mass is 16.5. The van der Waals surface area contributed by atoms with Gasteiger partial charge in [0.2, 0.25) is 0 Å². The van der Waals surface area contributed by atoms with Crippen LogP contribution < -0.4 is 0 Å². The van der Waals surface area contributed by atoms with Gasteiger partial charge in [0.15, 0.2) is 0 Å². The van der Waals surface area contributed by atoms with Crippen molar-refractivity contribution in [2.24, 2.45) is 29.6 Å². The lowest BCUT2D eigenvalue weighted by molar-refractivity contribution is -0.0538. The van der Waals surface area contributed by atoms with Crippen LogP contribution in [0.2, 0.25) is 0 Å². The van der Waals surface area contributed by atoms with Gasteiger partial charge in [-0.25, -0.2) is 0 Å². The van der Waals surface area contributed by atoms with Gasteiger partial charge in [-0.05, 0) is 81.0 Å². The summed E-state index contributed by atoms with van der Waals surface area (Å²) < 4.78 is 6.30. The van der Waals surface area contributed by atoms with Crippen LogP contribution in [0, 0.1) is 29.6 Å². The maximum Gasteiger partial charge on any atom is 0.0578 e. The number of hydrogen-bond acceptors (Lipinski definition) is 1. The number of ether oxygens (including phenoxy) is 1. The molecule has 0 saturated heterocycles. The van der Waals surface area contributed by atoms with Gasteiger partial charge < -0.3 is 4.74 Å². The first-order chi connectivity index (χ1) is 12.3. The number of fused-ring (bicyclic) bond motifs is 3. The molecule has 3 fully saturated rings. The lowest BCUT2D eigenvalue weighted by atomic mass is 9.56. The molecule has 0 heterocycles. The Bertz CT molecular complexity index is 365. The minimum atomic E-state index is 0.598. The summed E-state index contributed by atoms with van der Waals surface area (Å²) in [5.41, 5.74) is 0. The molecular formula is C24H44O. The molecule has 3 aliphatic rings. The third-order valence-electron chi connectivity index (χ3n) is 7.90. The molecule has 0 amide bonds. The van der Waals surface area contributed by atoms with Crippen LogP contribution >= 0.6 is 0 Å². The van der Waals surface area contributed by atoms with Crippen molar-refractivity contribution in [1.29, 1.82) is 0 Å². The second-order valence-corrected chi connectivity index (χ2v) is 9.61. The topological polar surface area (TPSA) is 9.23 Å². The van der Waals surface area contributed by atoms with Crippen molar-refractivity contribution in [1.82, 2.24) is 0 Å². The van der Waals surface area contributed by atoms with E-state index in [2.05, 4.69) is 13.8 Å². The summed E-state index contributed by atoms with van der Waals surface area (Å²) in [5.74, 6) is 5.30. The van der Waals surface area contributed by atoms with Crippen LogP contribution in [0.4, 0.5) is 0 Å². The minimum absolute atomic E-state index is 0.598. The second-order valence-electron chi connectivity index (χ2n) is 9.61. The van der Waals surface area contributed by atoms with Gasteiger partial charge in [0.1, 0.15) is 0 Å². The molecule has 0 aromatic heterocycles. The van der Waals surface area contributed by atoms with Crippen LogP contribution in [0.3, 0.4) is 0 Å². The molecule has 3 saturated carbocycles. The molecule has 0 radical (unpaired) electrons. The summed E-state index contributed by atoms with van der Waals surface area (Å²) in [6, 6.07) is 0. The lowest BCUT2D eigenvalue weighted by Gasteiger charge is -2.50. The van der Waals surface area contributed by atoms with Crippen molar-refractivity contribution in [3.63, 3.8) is 0 Å². The van der Waals surface area contributed by atoms with E-state index in [0.717, 1.165) is 36.2 Å². The van der Waals surface area contributed by atoms with Crippen molar-refractivity contribution in [3.05, 3.63) is 0 Å². The molecule has 3 rings (SSSR count). The zero-order valence-corrected chi connectivity index (χ0v) is 17.2. The Morgan fingerprint density at radius 2 is 1.40 bits per heavy atom. The van der Waals surface area contributed by atoms with Gasteiger partial charge >= 0.3 is 0 Å². The highest BCUT2D eigenvalue weighted by molar-refractivity contribution is 4.94. The van der Waals surface area contributed by atoms with E-state index >= 15 is 0 Å². The van der Waals surface area contributed by atoms with Crippen LogP contribution in [0.25, 0.3) is 0 Å². The van der Waals surface area contributed by atoms with E-state index in [1.54, 1.807) is 12.8 Å². The monoisotopic (exact) mass is 348 g/mol. The largest absolute Gasteiger partial charge is 0.378 e. The third kappa shape index (κ3) is 5.47. The van der Waals surface area contributed by atoms with E-state index in [9.17, 15) is 0 Å². The van der Waals surface area contributed by atoms with Gasteiger partial charge in [-0.2, -0.15) is 0 Å². The summed E-state index contributed by atoms with van der Waals surface area (Å²) in [6.45, 7) is 5.69. The third-order valence-corrected chi connectivity index (χ3v) is 7.90. The highest BCUT2D eigenvalue weighted by Crippen LogP contribution is 2.53.